The molecular weight excluding hydrogens is 242 g/mol. The van der Waals surface area contributed by atoms with Gasteiger partial charge in [-0.25, -0.2) is 9.78 Å². The lowest BCUT2D eigenvalue weighted by atomic mass is 10.3. The van der Waals surface area contributed by atoms with Gasteiger partial charge in [0.05, 0.1) is 12.8 Å². The van der Waals surface area contributed by atoms with Crippen LogP contribution >= 0.6 is 11.8 Å². The number of carbonyl (C=O) groups is 1. The van der Waals surface area contributed by atoms with Crippen molar-refractivity contribution in [2.45, 2.75) is 10.6 Å². The predicted octanol–water partition coefficient (Wildman–Crippen LogP) is 0.596. The summed E-state index contributed by atoms with van der Waals surface area (Å²) in [6.45, 7) is 0. The molecule has 0 radical (unpaired) electrons. The molecule has 17 heavy (non-hydrogen) atoms. The number of pyridine rings is 1. The number of hydrogen-bond acceptors (Lipinski definition) is 6. The van der Waals surface area contributed by atoms with Crippen LogP contribution in [0.2, 0.25) is 0 Å². The number of hydrogen-bond donors (Lipinski definition) is 1. The van der Waals surface area contributed by atoms with Crippen molar-refractivity contribution in [2.75, 3.05) is 0 Å². The summed E-state index contributed by atoms with van der Waals surface area (Å²) < 4.78 is 0. The number of carboxylic acid groups (broad SMARTS) is 1. The Kier molecular flexibility index (Phi) is 3.33. The first-order valence-electron chi connectivity index (χ1n) is 4.70. The summed E-state index contributed by atoms with van der Waals surface area (Å²) in [5, 5.41) is 20.4. The number of aromatic nitrogens is 5. The lowest BCUT2D eigenvalue weighted by Crippen LogP contribution is -1.99. The Hall–Kier alpha value is -1.96. The molecule has 2 aromatic rings. The molecule has 0 aliphatic carbocycles. The van der Waals surface area contributed by atoms with Gasteiger partial charge in [-0.3, -0.25) is 0 Å². The van der Waals surface area contributed by atoms with Gasteiger partial charge >= 0.3 is 5.97 Å². The van der Waals surface area contributed by atoms with Gasteiger partial charge in [0.25, 0.3) is 0 Å². The topological polar surface area (TPSA) is 93.8 Å². The molecule has 88 valence electrons. The zero-order chi connectivity index (χ0) is 12.3. The van der Waals surface area contributed by atoms with Crippen LogP contribution in [0.3, 0.4) is 0 Å². The quantitative estimate of drug-likeness (QED) is 0.795. The predicted molar refractivity (Wildman–Crippen MR) is 59.6 cm³/mol. The molecule has 7 nitrogen and oxygen atoms in total. The standard InChI is InChI=1S/C9H9N5O2S/c1-14-12-8(11-13-14)5-17-6-2-3-10-7(4-6)9(15)16/h2-4H,5H2,1H3,(H,15,16). The third-order valence-corrected chi connectivity index (χ3v) is 2.86. The van der Waals surface area contributed by atoms with Crippen molar-refractivity contribution in [1.82, 2.24) is 25.2 Å². The van der Waals surface area contributed by atoms with E-state index in [1.165, 1.54) is 28.8 Å². The van der Waals surface area contributed by atoms with Gasteiger partial charge in [-0.2, -0.15) is 4.80 Å². The fourth-order valence-corrected chi connectivity index (χ4v) is 1.91. The zero-order valence-electron chi connectivity index (χ0n) is 8.94. The number of aryl methyl sites for hydroxylation is 1. The van der Waals surface area contributed by atoms with E-state index in [4.69, 9.17) is 5.11 Å². The lowest BCUT2D eigenvalue weighted by Gasteiger charge is -1.99. The number of aromatic carboxylic acids is 1. The molecule has 0 bridgehead atoms. The molecule has 0 fully saturated rings. The van der Waals surface area contributed by atoms with Crippen molar-refractivity contribution < 1.29 is 9.90 Å². The van der Waals surface area contributed by atoms with Gasteiger partial charge in [0.1, 0.15) is 5.69 Å². The van der Waals surface area contributed by atoms with E-state index in [0.29, 0.717) is 11.6 Å². The molecule has 0 saturated heterocycles. The molecule has 8 heteroatoms. The SMILES string of the molecule is Cn1nnc(CSc2ccnc(C(=O)O)c2)n1. The first kappa shape index (κ1) is 11.5. The summed E-state index contributed by atoms with van der Waals surface area (Å²) in [5.74, 6) is 0.105. The van der Waals surface area contributed by atoms with E-state index in [0.717, 1.165) is 4.90 Å². The fraction of sp³-hybridized carbons (Fsp3) is 0.222. The third kappa shape index (κ3) is 3.00. The number of carboxylic acids is 1. The van der Waals surface area contributed by atoms with E-state index in [9.17, 15) is 4.79 Å². The molecular formula is C9H9N5O2S. The molecule has 0 atom stereocenters. The van der Waals surface area contributed by atoms with E-state index >= 15 is 0 Å². The lowest BCUT2D eigenvalue weighted by molar-refractivity contribution is 0.0690. The summed E-state index contributed by atoms with van der Waals surface area (Å²) in [7, 11) is 1.69. The summed E-state index contributed by atoms with van der Waals surface area (Å²) in [4.78, 5) is 16.6. The van der Waals surface area contributed by atoms with Crippen molar-refractivity contribution in [3.8, 4) is 0 Å². The Morgan fingerprint density at radius 1 is 1.59 bits per heavy atom. The highest BCUT2D eigenvalue weighted by atomic mass is 32.2. The monoisotopic (exact) mass is 251 g/mol. The molecule has 0 amide bonds. The van der Waals surface area contributed by atoms with Gasteiger partial charge in [-0.05, 0) is 17.3 Å². The van der Waals surface area contributed by atoms with Gasteiger partial charge in [-0.1, -0.05) is 0 Å². The van der Waals surface area contributed by atoms with Crippen molar-refractivity contribution in [3.05, 3.63) is 29.8 Å². The molecule has 0 aliphatic heterocycles. The second-order valence-electron chi connectivity index (χ2n) is 3.17. The van der Waals surface area contributed by atoms with E-state index in [1.807, 2.05) is 0 Å². The van der Waals surface area contributed by atoms with Crippen LogP contribution in [-0.2, 0) is 12.8 Å². The normalized spacial score (nSPS) is 10.4. The molecule has 0 spiro atoms. The highest BCUT2D eigenvalue weighted by molar-refractivity contribution is 7.98. The molecule has 0 aromatic carbocycles. The number of thioether (sulfide) groups is 1. The molecule has 0 aliphatic rings. The molecule has 2 rings (SSSR count). The van der Waals surface area contributed by atoms with Crippen LogP contribution in [0.1, 0.15) is 16.3 Å². The van der Waals surface area contributed by atoms with Crippen molar-refractivity contribution in [2.24, 2.45) is 7.05 Å². The van der Waals surface area contributed by atoms with Crippen LogP contribution < -0.4 is 0 Å². The number of tetrazole rings is 1. The molecule has 1 N–H and O–H groups in total. The fourth-order valence-electron chi connectivity index (χ4n) is 1.15. The summed E-state index contributed by atoms with van der Waals surface area (Å²) in [6, 6.07) is 3.26. The third-order valence-electron chi connectivity index (χ3n) is 1.87. The largest absolute Gasteiger partial charge is 0.477 e. The van der Waals surface area contributed by atoms with Gasteiger partial charge in [-0.15, -0.1) is 22.0 Å². The smallest absolute Gasteiger partial charge is 0.354 e. The Morgan fingerprint density at radius 3 is 3.06 bits per heavy atom. The minimum absolute atomic E-state index is 0.0297. The maximum Gasteiger partial charge on any atom is 0.354 e. The van der Waals surface area contributed by atoms with E-state index < -0.39 is 5.97 Å². The van der Waals surface area contributed by atoms with Gasteiger partial charge in [0.2, 0.25) is 0 Å². The first-order chi connectivity index (χ1) is 8.15. The minimum Gasteiger partial charge on any atom is -0.477 e. The number of nitrogens with zero attached hydrogens (tertiary/aromatic N) is 5. The first-order valence-corrected chi connectivity index (χ1v) is 5.69. The van der Waals surface area contributed by atoms with Crippen molar-refractivity contribution >= 4 is 17.7 Å². The van der Waals surface area contributed by atoms with E-state index in [-0.39, 0.29) is 5.69 Å². The van der Waals surface area contributed by atoms with Crippen LogP contribution in [0.4, 0.5) is 0 Å². The second-order valence-corrected chi connectivity index (χ2v) is 4.21. The molecule has 2 aromatic heterocycles. The Balaban J connectivity index is 2.04. The highest BCUT2D eigenvalue weighted by Crippen LogP contribution is 2.20. The average molecular weight is 251 g/mol. The Bertz CT molecular complexity index is 542. The van der Waals surface area contributed by atoms with Crippen molar-refractivity contribution in [1.29, 1.82) is 0 Å². The minimum atomic E-state index is -1.04. The summed E-state index contributed by atoms with van der Waals surface area (Å²) >= 11 is 1.44. The maximum atomic E-state index is 10.7. The van der Waals surface area contributed by atoms with Gasteiger partial charge < -0.3 is 5.11 Å². The highest BCUT2D eigenvalue weighted by Gasteiger charge is 2.06. The number of rotatable bonds is 4. The van der Waals surface area contributed by atoms with Gasteiger partial charge in [0, 0.05) is 11.1 Å². The van der Waals surface area contributed by atoms with Crippen LogP contribution in [-0.4, -0.2) is 36.3 Å². The van der Waals surface area contributed by atoms with E-state index in [1.54, 1.807) is 13.1 Å². The van der Waals surface area contributed by atoms with Crippen LogP contribution in [0, 0.1) is 0 Å². The zero-order valence-corrected chi connectivity index (χ0v) is 9.76. The van der Waals surface area contributed by atoms with Crippen molar-refractivity contribution in [3.63, 3.8) is 0 Å². The molecule has 0 saturated carbocycles. The summed E-state index contributed by atoms with van der Waals surface area (Å²) in [5.41, 5.74) is 0.0297. The van der Waals surface area contributed by atoms with Crippen LogP contribution in [0.5, 0.6) is 0 Å². The molecule has 0 unspecified atom stereocenters. The van der Waals surface area contributed by atoms with E-state index in [2.05, 4.69) is 20.4 Å². The van der Waals surface area contributed by atoms with Crippen LogP contribution in [0.15, 0.2) is 23.2 Å². The second kappa shape index (κ2) is 4.91. The Labute approximate surface area is 101 Å². The maximum absolute atomic E-state index is 10.7. The van der Waals surface area contributed by atoms with Gasteiger partial charge in [0.15, 0.2) is 5.82 Å². The summed E-state index contributed by atoms with van der Waals surface area (Å²) in [6.07, 6.45) is 1.47. The Morgan fingerprint density at radius 2 is 2.41 bits per heavy atom. The molecule has 2 heterocycles. The van der Waals surface area contributed by atoms with Crippen LogP contribution in [0.25, 0.3) is 0 Å². The average Bonchev–Trinajstić information content (AvgIpc) is 2.73.